The van der Waals surface area contributed by atoms with E-state index in [0.717, 1.165) is 11.1 Å². The minimum absolute atomic E-state index is 0.243. The fourth-order valence-electron chi connectivity index (χ4n) is 1.17. The topological polar surface area (TPSA) is 26.0 Å². The van der Waals surface area contributed by atoms with E-state index >= 15 is 0 Å². The van der Waals surface area contributed by atoms with Gasteiger partial charge in [-0.2, -0.15) is 0 Å². The molecule has 60 valence electrons. The highest BCUT2D eigenvalue weighted by molar-refractivity contribution is 5.46. The lowest BCUT2D eigenvalue weighted by molar-refractivity contribution is 0.615. The van der Waals surface area contributed by atoms with Crippen LogP contribution < -0.4 is 5.73 Å². The van der Waals surface area contributed by atoms with E-state index in [0.29, 0.717) is 6.42 Å². The number of halogens is 1. The molecule has 0 amide bonds. The van der Waals surface area contributed by atoms with Crippen LogP contribution >= 0.6 is 0 Å². The molecule has 0 atom stereocenters. The maximum Gasteiger partial charge on any atom is 0.149 e. The van der Waals surface area contributed by atoms with E-state index in [1.54, 1.807) is 6.07 Å². The molecule has 0 fully saturated rings. The first-order valence-corrected chi connectivity index (χ1v) is 3.70. The van der Waals surface area contributed by atoms with Crippen molar-refractivity contribution >= 4 is 5.69 Å². The highest BCUT2D eigenvalue weighted by Crippen LogP contribution is 2.18. The molecule has 0 saturated heterocycles. The first kappa shape index (κ1) is 8.05. The van der Waals surface area contributed by atoms with Crippen LogP contribution in [-0.4, -0.2) is 0 Å². The predicted molar refractivity (Wildman–Crippen MR) is 44.9 cm³/mol. The summed E-state index contributed by atoms with van der Waals surface area (Å²) in [7, 11) is 0. The van der Waals surface area contributed by atoms with Crippen LogP contribution in [0.5, 0.6) is 0 Å². The van der Waals surface area contributed by atoms with Gasteiger partial charge >= 0.3 is 0 Å². The molecule has 1 rings (SSSR count). The number of nitrogens with two attached hydrogens (primary N) is 1. The van der Waals surface area contributed by atoms with Crippen molar-refractivity contribution in [2.45, 2.75) is 20.3 Å². The van der Waals surface area contributed by atoms with Gasteiger partial charge in [-0.1, -0.05) is 13.0 Å². The van der Waals surface area contributed by atoms with E-state index in [1.807, 2.05) is 19.9 Å². The Morgan fingerprint density at radius 1 is 1.45 bits per heavy atom. The standard InChI is InChI=1S/C9H12FN/c1-3-7-6(2)4-5-8(11)9(7)10/h4-5H,3,11H2,1-2H3. The highest BCUT2D eigenvalue weighted by Gasteiger charge is 2.05. The SMILES string of the molecule is CCc1c(C)ccc(N)c1F. The van der Waals surface area contributed by atoms with Crippen LogP contribution in [0, 0.1) is 12.7 Å². The third kappa shape index (κ3) is 1.34. The number of anilines is 1. The number of aryl methyl sites for hydroxylation is 1. The molecule has 0 aliphatic heterocycles. The summed E-state index contributed by atoms with van der Waals surface area (Å²) in [6, 6.07) is 3.45. The molecule has 2 heteroatoms. The number of benzene rings is 1. The van der Waals surface area contributed by atoms with Crippen molar-refractivity contribution in [3.63, 3.8) is 0 Å². The number of rotatable bonds is 1. The summed E-state index contributed by atoms with van der Waals surface area (Å²) in [4.78, 5) is 0. The second-order valence-corrected chi connectivity index (χ2v) is 2.62. The van der Waals surface area contributed by atoms with Crippen LogP contribution in [0.1, 0.15) is 18.1 Å². The van der Waals surface area contributed by atoms with E-state index in [9.17, 15) is 4.39 Å². The van der Waals surface area contributed by atoms with Crippen LogP contribution in [0.2, 0.25) is 0 Å². The summed E-state index contributed by atoms with van der Waals surface area (Å²) < 4.78 is 13.1. The molecule has 11 heavy (non-hydrogen) atoms. The smallest absolute Gasteiger partial charge is 0.149 e. The molecule has 0 aliphatic rings. The summed E-state index contributed by atoms with van der Waals surface area (Å²) in [5.74, 6) is -0.257. The molecule has 0 heterocycles. The van der Waals surface area contributed by atoms with Gasteiger partial charge < -0.3 is 5.73 Å². The molecule has 0 aliphatic carbocycles. The van der Waals surface area contributed by atoms with E-state index in [4.69, 9.17) is 5.73 Å². The van der Waals surface area contributed by atoms with Crippen molar-refractivity contribution in [1.29, 1.82) is 0 Å². The van der Waals surface area contributed by atoms with Gasteiger partial charge in [-0.25, -0.2) is 4.39 Å². The van der Waals surface area contributed by atoms with Gasteiger partial charge in [0.1, 0.15) is 5.82 Å². The Morgan fingerprint density at radius 3 is 2.55 bits per heavy atom. The van der Waals surface area contributed by atoms with Gasteiger partial charge in [-0.15, -0.1) is 0 Å². The van der Waals surface area contributed by atoms with Crippen LogP contribution in [0.3, 0.4) is 0 Å². The van der Waals surface area contributed by atoms with Gasteiger partial charge in [0.05, 0.1) is 5.69 Å². The third-order valence-electron chi connectivity index (χ3n) is 1.86. The van der Waals surface area contributed by atoms with Crippen molar-refractivity contribution < 1.29 is 4.39 Å². The largest absolute Gasteiger partial charge is 0.396 e. The maximum absolute atomic E-state index is 13.1. The summed E-state index contributed by atoms with van der Waals surface area (Å²) in [6.45, 7) is 3.81. The average Bonchev–Trinajstić information content (AvgIpc) is 1.99. The van der Waals surface area contributed by atoms with Gasteiger partial charge in [-0.3, -0.25) is 0 Å². The Balaban J connectivity index is 3.29. The van der Waals surface area contributed by atoms with Crippen LogP contribution in [0.25, 0.3) is 0 Å². The van der Waals surface area contributed by atoms with Crippen LogP contribution in [-0.2, 0) is 6.42 Å². The van der Waals surface area contributed by atoms with Crippen LogP contribution in [0.4, 0.5) is 10.1 Å². The van der Waals surface area contributed by atoms with Crippen molar-refractivity contribution in [3.05, 3.63) is 29.1 Å². The second-order valence-electron chi connectivity index (χ2n) is 2.62. The Kier molecular flexibility index (Phi) is 2.13. The van der Waals surface area contributed by atoms with Crippen molar-refractivity contribution in [2.24, 2.45) is 0 Å². The number of nitrogen functional groups attached to an aromatic ring is 1. The second kappa shape index (κ2) is 2.91. The number of hydrogen-bond acceptors (Lipinski definition) is 1. The Bertz CT molecular complexity index is 269. The molecule has 0 spiro atoms. The fourth-order valence-corrected chi connectivity index (χ4v) is 1.17. The van der Waals surface area contributed by atoms with Gasteiger partial charge in [-0.05, 0) is 30.5 Å². The summed E-state index contributed by atoms with van der Waals surface area (Å²) >= 11 is 0. The number of hydrogen-bond donors (Lipinski definition) is 1. The zero-order valence-corrected chi connectivity index (χ0v) is 6.82. The van der Waals surface area contributed by atoms with Gasteiger partial charge in [0.25, 0.3) is 0 Å². The van der Waals surface area contributed by atoms with Crippen molar-refractivity contribution in [3.8, 4) is 0 Å². The fraction of sp³-hybridized carbons (Fsp3) is 0.333. The zero-order valence-electron chi connectivity index (χ0n) is 6.82. The zero-order chi connectivity index (χ0) is 8.43. The molecule has 0 bridgehead atoms. The van der Waals surface area contributed by atoms with Gasteiger partial charge in [0.2, 0.25) is 0 Å². The monoisotopic (exact) mass is 153 g/mol. The Morgan fingerprint density at radius 2 is 2.09 bits per heavy atom. The highest BCUT2D eigenvalue weighted by atomic mass is 19.1. The summed E-state index contributed by atoms with van der Waals surface area (Å²) in [6.07, 6.45) is 0.697. The maximum atomic E-state index is 13.1. The molecule has 0 saturated carbocycles. The lowest BCUT2D eigenvalue weighted by Crippen LogP contribution is -1.97. The lowest BCUT2D eigenvalue weighted by atomic mass is 10.1. The van der Waals surface area contributed by atoms with Crippen LogP contribution in [0.15, 0.2) is 12.1 Å². The summed E-state index contributed by atoms with van der Waals surface area (Å²) in [5.41, 5.74) is 7.33. The van der Waals surface area contributed by atoms with E-state index in [-0.39, 0.29) is 11.5 Å². The van der Waals surface area contributed by atoms with Gasteiger partial charge in [0, 0.05) is 0 Å². The molecule has 0 unspecified atom stereocenters. The Labute approximate surface area is 66.0 Å². The average molecular weight is 153 g/mol. The molecular weight excluding hydrogens is 141 g/mol. The molecule has 0 radical (unpaired) electrons. The predicted octanol–water partition coefficient (Wildman–Crippen LogP) is 2.28. The quantitative estimate of drug-likeness (QED) is 0.615. The molecule has 1 nitrogen and oxygen atoms in total. The molecule has 1 aromatic carbocycles. The molecular formula is C9H12FN. The molecule has 0 aromatic heterocycles. The van der Waals surface area contributed by atoms with Gasteiger partial charge in [0.15, 0.2) is 0 Å². The third-order valence-corrected chi connectivity index (χ3v) is 1.86. The minimum Gasteiger partial charge on any atom is -0.396 e. The van der Waals surface area contributed by atoms with Crippen molar-refractivity contribution in [1.82, 2.24) is 0 Å². The van der Waals surface area contributed by atoms with E-state index < -0.39 is 0 Å². The molecule has 2 N–H and O–H groups in total. The lowest BCUT2D eigenvalue weighted by Gasteiger charge is -2.05. The normalized spacial score (nSPS) is 10.1. The first-order chi connectivity index (χ1) is 5.16. The first-order valence-electron chi connectivity index (χ1n) is 3.70. The van der Waals surface area contributed by atoms with Crippen molar-refractivity contribution in [2.75, 3.05) is 5.73 Å². The minimum atomic E-state index is -0.257. The Hall–Kier alpha value is -1.05. The van der Waals surface area contributed by atoms with E-state index in [1.165, 1.54) is 0 Å². The molecule has 1 aromatic rings. The van der Waals surface area contributed by atoms with E-state index in [2.05, 4.69) is 0 Å². The summed E-state index contributed by atoms with van der Waals surface area (Å²) in [5, 5.41) is 0.